The van der Waals surface area contributed by atoms with E-state index in [1.165, 1.54) is 0 Å². The van der Waals surface area contributed by atoms with Crippen molar-refractivity contribution in [2.24, 2.45) is 7.05 Å². The van der Waals surface area contributed by atoms with Gasteiger partial charge in [0.1, 0.15) is 18.2 Å². The van der Waals surface area contributed by atoms with E-state index in [0.29, 0.717) is 16.8 Å². The standard InChI is InChI=1S/C16H18N4O2/c1-9-6-13(12(4)19(9)5)15(21)8-20-16(22)14(7-17)10(2)11(3)18-20/h6H,8H2,1-5H3. The summed E-state index contributed by atoms with van der Waals surface area (Å²) >= 11 is 0. The maximum atomic E-state index is 12.5. The lowest BCUT2D eigenvalue weighted by molar-refractivity contribution is 0.0964. The number of aryl methyl sites for hydroxylation is 2. The van der Waals surface area contributed by atoms with Gasteiger partial charge in [0.15, 0.2) is 5.78 Å². The van der Waals surface area contributed by atoms with E-state index in [1.54, 1.807) is 19.9 Å². The van der Waals surface area contributed by atoms with Crippen molar-refractivity contribution in [3.63, 3.8) is 0 Å². The first-order valence-electron chi connectivity index (χ1n) is 6.92. The summed E-state index contributed by atoms with van der Waals surface area (Å²) in [5, 5.41) is 13.2. The van der Waals surface area contributed by atoms with Gasteiger partial charge in [0.25, 0.3) is 5.56 Å². The summed E-state index contributed by atoms with van der Waals surface area (Å²) in [6.07, 6.45) is 0. The largest absolute Gasteiger partial charge is 0.351 e. The second-order valence-electron chi connectivity index (χ2n) is 5.43. The molecule has 0 bridgehead atoms. The second-order valence-corrected chi connectivity index (χ2v) is 5.43. The molecule has 0 N–H and O–H groups in total. The summed E-state index contributed by atoms with van der Waals surface area (Å²) in [7, 11) is 1.88. The molecule has 0 aliphatic rings. The van der Waals surface area contributed by atoms with Gasteiger partial charge in [0, 0.05) is 24.0 Å². The Hall–Kier alpha value is -2.68. The van der Waals surface area contributed by atoms with Crippen molar-refractivity contribution in [1.29, 1.82) is 5.26 Å². The first kappa shape index (κ1) is 15.7. The molecule has 2 aromatic rings. The number of nitrogens with zero attached hydrogens (tertiary/aromatic N) is 4. The Morgan fingerprint density at radius 1 is 1.32 bits per heavy atom. The third kappa shape index (κ3) is 2.46. The fraction of sp³-hybridized carbons (Fsp3) is 0.375. The summed E-state index contributed by atoms with van der Waals surface area (Å²) in [6.45, 7) is 7.00. The molecule has 0 radical (unpaired) electrons. The Kier molecular flexibility index (Phi) is 4.00. The highest BCUT2D eigenvalue weighted by molar-refractivity contribution is 5.97. The van der Waals surface area contributed by atoms with Gasteiger partial charge in [-0.25, -0.2) is 4.68 Å². The molecule has 0 aliphatic carbocycles. The minimum absolute atomic E-state index is 0.0428. The third-order valence-electron chi connectivity index (χ3n) is 4.12. The zero-order chi connectivity index (χ0) is 16.6. The van der Waals surface area contributed by atoms with Crippen LogP contribution in [0.3, 0.4) is 0 Å². The van der Waals surface area contributed by atoms with Crippen LogP contribution in [0.25, 0.3) is 0 Å². The number of aromatic nitrogens is 3. The van der Waals surface area contributed by atoms with Crippen LogP contribution < -0.4 is 5.56 Å². The third-order valence-corrected chi connectivity index (χ3v) is 4.12. The lowest BCUT2D eigenvalue weighted by Crippen LogP contribution is -2.30. The van der Waals surface area contributed by atoms with Crippen LogP contribution in [0, 0.1) is 39.0 Å². The Morgan fingerprint density at radius 2 is 1.95 bits per heavy atom. The number of carbonyl (C=O) groups excluding carboxylic acids is 1. The predicted molar refractivity (Wildman–Crippen MR) is 81.9 cm³/mol. The van der Waals surface area contributed by atoms with E-state index in [2.05, 4.69) is 5.10 Å². The Labute approximate surface area is 128 Å². The molecular weight excluding hydrogens is 280 g/mol. The normalized spacial score (nSPS) is 10.5. The van der Waals surface area contributed by atoms with Gasteiger partial charge in [0.2, 0.25) is 0 Å². The second kappa shape index (κ2) is 5.60. The van der Waals surface area contributed by atoms with Crippen molar-refractivity contribution in [3.8, 4) is 6.07 Å². The van der Waals surface area contributed by atoms with Crippen LogP contribution in [0.2, 0.25) is 0 Å². The minimum Gasteiger partial charge on any atom is -0.351 e. The Morgan fingerprint density at radius 3 is 2.45 bits per heavy atom. The predicted octanol–water partition coefficient (Wildman–Crippen LogP) is 1.57. The lowest BCUT2D eigenvalue weighted by Gasteiger charge is -2.08. The minimum atomic E-state index is -0.524. The smallest absolute Gasteiger partial charge is 0.285 e. The fourth-order valence-electron chi connectivity index (χ4n) is 2.37. The molecule has 2 heterocycles. The molecule has 0 aromatic carbocycles. The molecule has 22 heavy (non-hydrogen) atoms. The summed E-state index contributed by atoms with van der Waals surface area (Å²) < 4.78 is 3.00. The molecule has 0 amide bonds. The monoisotopic (exact) mass is 298 g/mol. The van der Waals surface area contributed by atoms with E-state index in [1.807, 2.05) is 31.5 Å². The number of nitriles is 1. The number of hydrogen-bond donors (Lipinski definition) is 0. The van der Waals surface area contributed by atoms with Crippen LogP contribution in [0.5, 0.6) is 0 Å². The first-order valence-corrected chi connectivity index (χ1v) is 6.92. The highest BCUT2D eigenvalue weighted by atomic mass is 16.1. The van der Waals surface area contributed by atoms with Gasteiger partial charge in [0.05, 0.1) is 5.69 Å². The van der Waals surface area contributed by atoms with Crippen molar-refractivity contribution in [1.82, 2.24) is 14.3 Å². The molecule has 0 unspecified atom stereocenters. The number of Topliss-reactive ketones (excluding diaryl/α,β-unsaturated/α-hetero) is 1. The Bertz CT molecular complexity index is 866. The maximum absolute atomic E-state index is 12.5. The average molecular weight is 298 g/mol. The topological polar surface area (TPSA) is 80.7 Å². The fourth-order valence-corrected chi connectivity index (χ4v) is 2.37. The Balaban J connectivity index is 2.46. The van der Waals surface area contributed by atoms with E-state index < -0.39 is 5.56 Å². The number of hydrogen-bond acceptors (Lipinski definition) is 4. The van der Waals surface area contributed by atoms with E-state index in [0.717, 1.165) is 16.1 Å². The van der Waals surface area contributed by atoms with Crippen molar-refractivity contribution in [2.45, 2.75) is 34.2 Å². The van der Waals surface area contributed by atoms with Gasteiger partial charge in [-0.3, -0.25) is 9.59 Å². The first-order chi connectivity index (χ1) is 10.3. The van der Waals surface area contributed by atoms with Crippen LogP contribution in [0.1, 0.15) is 38.6 Å². The molecule has 6 nitrogen and oxygen atoms in total. The molecule has 0 atom stereocenters. The zero-order valence-electron chi connectivity index (χ0n) is 13.4. The quantitative estimate of drug-likeness (QED) is 0.805. The van der Waals surface area contributed by atoms with Gasteiger partial charge in [-0.1, -0.05) is 0 Å². The van der Waals surface area contributed by atoms with Gasteiger partial charge in [-0.05, 0) is 39.3 Å². The highest BCUT2D eigenvalue weighted by Gasteiger charge is 2.18. The van der Waals surface area contributed by atoms with Crippen LogP contribution in [0.4, 0.5) is 0 Å². The van der Waals surface area contributed by atoms with Crippen molar-refractivity contribution < 1.29 is 4.79 Å². The van der Waals surface area contributed by atoms with E-state index in [-0.39, 0.29) is 17.9 Å². The molecule has 2 aromatic heterocycles. The maximum Gasteiger partial charge on any atom is 0.285 e. The molecule has 114 valence electrons. The summed E-state index contributed by atoms with van der Waals surface area (Å²) in [5.41, 5.74) is 3.04. The van der Waals surface area contributed by atoms with Crippen molar-refractivity contribution in [2.75, 3.05) is 0 Å². The molecule has 0 fully saturated rings. The molecule has 0 saturated carbocycles. The molecule has 0 aliphatic heterocycles. The highest BCUT2D eigenvalue weighted by Crippen LogP contribution is 2.14. The average Bonchev–Trinajstić information content (AvgIpc) is 2.73. The van der Waals surface area contributed by atoms with Gasteiger partial charge < -0.3 is 4.57 Å². The summed E-state index contributed by atoms with van der Waals surface area (Å²) in [6, 6.07) is 3.69. The van der Waals surface area contributed by atoms with Crippen LogP contribution in [-0.4, -0.2) is 20.1 Å². The van der Waals surface area contributed by atoms with E-state index in [4.69, 9.17) is 5.26 Å². The molecule has 0 saturated heterocycles. The molecule has 6 heteroatoms. The van der Waals surface area contributed by atoms with E-state index >= 15 is 0 Å². The molecule has 2 rings (SSSR count). The number of rotatable bonds is 3. The van der Waals surface area contributed by atoms with Gasteiger partial charge in [-0.2, -0.15) is 10.4 Å². The van der Waals surface area contributed by atoms with Crippen LogP contribution >= 0.6 is 0 Å². The number of carbonyl (C=O) groups is 1. The van der Waals surface area contributed by atoms with Gasteiger partial charge >= 0.3 is 0 Å². The SMILES string of the molecule is Cc1nn(CC(=O)c2cc(C)n(C)c2C)c(=O)c(C#N)c1C. The van der Waals surface area contributed by atoms with Crippen molar-refractivity contribution in [3.05, 3.63) is 50.2 Å². The van der Waals surface area contributed by atoms with Gasteiger partial charge in [-0.15, -0.1) is 0 Å². The zero-order valence-corrected chi connectivity index (χ0v) is 13.4. The summed E-state index contributed by atoms with van der Waals surface area (Å²) in [5.74, 6) is -0.192. The van der Waals surface area contributed by atoms with E-state index in [9.17, 15) is 9.59 Å². The molecular formula is C16H18N4O2. The lowest BCUT2D eigenvalue weighted by atomic mass is 10.1. The van der Waals surface area contributed by atoms with Crippen LogP contribution in [0.15, 0.2) is 10.9 Å². The van der Waals surface area contributed by atoms with Crippen molar-refractivity contribution >= 4 is 5.78 Å². The number of ketones is 1. The van der Waals surface area contributed by atoms with Crippen LogP contribution in [-0.2, 0) is 13.6 Å². The molecule has 0 spiro atoms. The summed E-state index contributed by atoms with van der Waals surface area (Å²) in [4.78, 5) is 24.7.